The van der Waals surface area contributed by atoms with Crippen molar-refractivity contribution >= 4 is 12.6 Å². The first-order valence-corrected chi connectivity index (χ1v) is 8.29. The standard InChI is InChI=1S/C17H32O2/c18-16-14-12-10-8-6-4-2-1-3-5-7-9-11-13-15-17-19/h16-17H,1-15H2. The van der Waals surface area contributed by atoms with Crippen molar-refractivity contribution in [2.45, 2.75) is 96.3 Å². The monoisotopic (exact) mass is 268 g/mol. The van der Waals surface area contributed by atoms with Crippen LogP contribution in [0.1, 0.15) is 96.3 Å². The number of aldehydes is 2. The highest BCUT2D eigenvalue weighted by Gasteiger charge is 1.94. The van der Waals surface area contributed by atoms with Gasteiger partial charge in [-0.1, -0.05) is 70.6 Å². The van der Waals surface area contributed by atoms with Crippen LogP contribution in [0.2, 0.25) is 0 Å². The van der Waals surface area contributed by atoms with Crippen LogP contribution < -0.4 is 0 Å². The molecule has 2 nitrogen and oxygen atoms in total. The van der Waals surface area contributed by atoms with E-state index in [1.165, 1.54) is 70.6 Å². The molecule has 0 atom stereocenters. The number of hydrogen-bond donors (Lipinski definition) is 0. The van der Waals surface area contributed by atoms with Crippen LogP contribution in [0.4, 0.5) is 0 Å². The Labute approximate surface area is 119 Å². The van der Waals surface area contributed by atoms with Crippen LogP contribution in [0, 0.1) is 0 Å². The lowest BCUT2D eigenvalue weighted by molar-refractivity contribution is -0.108. The highest BCUT2D eigenvalue weighted by atomic mass is 16.1. The number of carbonyl (C=O) groups excluding carboxylic acids is 2. The number of unbranched alkanes of at least 4 members (excludes halogenated alkanes) is 14. The molecule has 0 unspecified atom stereocenters. The van der Waals surface area contributed by atoms with Crippen molar-refractivity contribution in [1.82, 2.24) is 0 Å². The summed E-state index contributed by atoms with van der Waals surface area (Å²) in [6.45, 7) is 0. The van der Waals surface area contributed by atoms with Gasteiger partial charge >= 0.3 is 0 Å². The summed E-state index contributed by atoms with van der Waals surface area (Å²) >= 11 is 0. The molecule has 0 radical (unpaired) electrons. The van der Waals surface area contributed by atoms with E-state index in [1.807, 2.05) is 0 Å². The van der Waals surface area contributed by atoms with E-state index < -0.39 is 0 Å². The maximum Gasteiger partial charge on any atom is 0.119 e. The fraction of sp³-hybridized carbons (Fsp3) is 0.882. The van der Waals surface area contributed by atoms with Crippen molar-refractivity contribution < 1.29 is 9.59 Å². The third-order valence-electron chi connectivity index (χ3n) is 3.64. The topological polar surface area (TPSA) is 34.1 Å². The smallest absolute Gasteiger partial charge is 0.119 e. The second-order valence-electron chi connectivity index (χ2n) is 5.51. The van der Waals surface area contributed by atoms with Crippen molar-refractivity contribution in [3.63, 3.8) is 0 Å². The summed E-state index contributed by atoms with van der Waals surface area (Å²) in [5, 5.41) is 0. The summed E-state index contributed by atoms with van der Waals surface area (Å²) in [5.74, 6) is 0. The highest BCUT2D eigenvalue weighted by Crippen LogP contribution is 2.12. The molecule has 0 heterocycles. The Kier molecular flexibility index (Phi) is 16.7. The highest BCUT2D eigenvalue weighted by molar-refractivity contribution is 5.49. The van der Waals surface area contributed by atoms with Crippen LogP contribution in [0.15, 0.2) is 0 Å². The number of hydrogen-bond acceptors (Lipinski definition) is 2. The predicted molar refractivity (Wildman–Crippen MR) is 81.4 cm³/mol. The first-order valence-electron chi connectivity index (χ1n) is 8.29. The molecular formula is C17H32O2. The van der Waals surface area contributed by atoms with Crippen LogP contribution in [-0.2, 0) is 9.59 Å². The van der Waals surface area contributed by atoms with Crippen LogP contribution >= 0.6 is 0 Å². The van der Waals surface area contributed by atoms with Crippen molar-refractivity contribution in [2.75, 3.05) is 0 Å². The number of rotatable bonds is 16. The Morgan fingerprint density at radius 3 is 0.789 bits per heavy atom. The molecule has 0 saturated heterocycles. The lowest BCUT2D eigenvalue weighted by Crippen LogP contribution is -1.84. The molecule has 0 aromatic heterocycles. The zero-order chi connectivity index (χ0) is 14.0. The number of carbonyl (C=O) groups is 2. The average molecular weight is 268 g/mol. The van der Waals surface area contributed by atoms with Gasteiger partial charge in [0.25, 0.3) is 0 Å². The molecule has 19 heavy (non-hydrogen) atoms. The molecular weight excluding hydrogens is 236 g/mol. The van der Waals surface area contributed by atoms with E-state index in [0.717, 1.165) is 38.3 Å². The van der Waals surface area contributed by atoms with E-state index in [1.54, 1.807) is 0 Å². The Morgan fingerprint density at radius 2 is 0.579 bits per heavy atom. The van der Waals surface area contributed by atoms with Gasteiger partial charge in [-0.25, -0.2) is 0 Å². The normalized spacial score (nSPS) is 10.5. The van der Waals surface area contributed by atoms with E-state index in [0.29, 0.717) is 0 Å². The van der Waals surface area contributed by atoms with Gasteiger partial charge in [-0.2, -0.15) is 0 Å². The van der Waals surface area contributed by atoms with E-state index in [9.17, 15) is 9.59 Å². The van der Waals surface area contributed by atoms with E-state index in [2.05, 4.69) is 0 Å². The molecule has 0 aliphatic rings. The Bertz CT molecular complexity index is 170. The minimum absolute atomic E-state index is 0.743. The fourth-order valence-electron chi connectivity index (χ4n) is 2.40. The van der Waals surface area contributed by atoms with Crippen LogP contribution in [0.25, 0.3) is 0 Å². The molecule has 0 rings (SSSR count). The molecule has 112 valence electrons. The second kappa shape index (κ2) is 17.3. The van der Waals surface area contributed by atoms with Crippen molar-refractivity contribution in [3.8, 4) is 0 Å². The zero-order valence-electron chi connectivity index (χ0n) is 12.6. The summed E-state index contributed by atoms with van der Waals surface area (Å²) in [4.78, 5) is 20.2. The third-order valence-corrected chi connectivity index (χ3v) is 3.64. The molecule has 0 saturated carbocycles. The molecule has 0 amide bonds. The maximum absolute atomic E-state index is 10.1. The Hall–Kier alpha value is -0.660. The SMILES string of the molecule is O=CCCCCCCCCCCCCCCCC=O. The largest absolute Gasteiger partial charge is 0.303 e. The van der Waals surface area contributed by atoms with Crippen LogP contribution in [-0.4, -0.2) is 12.6 Å². The molecule has 0 bridgehead atoms. The maximum atomic E-state index is 10.1. The minimum Gasteiger partial charge on any atom is -0.303 e. The van der Waals surface area contributed by atoms with Gasteiger partial charge in [-0.05, 0) is 12.8 Å². The molecule has 0 spiro atoms. The van der Waals surface area contributed by atoms with Gasteiger partial charge in [0.05, 0.1) is 0 Å². The first kappa shape index (κ1) is 18.3. The van der Waals surface area contributed by atoms with Gasteiger partial charge < -0.3 is 9.59 Å². The van der Waals surface area contributed by atoms with Gasteiger partial charge in [0.2, 0.25) is 0 Å². The molecule has 0 aliphatic carbocycles. The molecule has 0 fully saturated rings. The summed E-state index contributed by atoms with van der Waals surface area (Å²) in [5.41, 5.74) is 0. The van der Waals surface area contributed by atoms with Crippen molar-refractivity contribution in [1.29, 1.82) is 0 Å². The van der Waals surface area contributed by atoms with Gasteiger partial charge in [0.1, 0.15) is 12.6 Å². The quantitative estimate of drug-likeness (QED) is 0.283. The van der Waals surface area contributed by atoms with Gasteiger partial charge in [-0.3, -0.25) is 0 Å². The minimum atomic E-state index is 0.743. The van der Waals surface area contributed by atoms with Gasteiger partial charge in [0, 0.05) is 12.8 Å². The van der Waals surface area contributed by atoms with Crippen LogP contribution in [0.5, 0.6) is 0 Å². The lowest BCUT2D eigenvalue weighted by Gasteiger charge is -2.02. The summed E-state index contributed by atoms with van der Waals surface area (Å²) in [7, 11) is 0. The second-order valence-corrected chi connectivity index (χ2v) is 5.51. The molecule has 0 aromatic carbocycles. The Morgan fingerprint density at radius 1 is 0.368 bits per heavy atom. The van der Waals surface area contributed by atoms with Crippen molar-refractivity contribution in [2.24, 2.45) is 0 Å². The van der Waals surface area contributed by atoms with E-state index in [4.69, 9.17) is 0 Å². The molecule has 2 heteroatoms. The first-order chi connectivity index (χ1) is 9.41. The lowest BCUT2D eigenvalue weighted by atomic mass is 10.0. The van der Waals surface area contributed by atoms with Crippen molar-refractivity contribution in [3.05, 3.63) is 0 Å². The molecule has 0 N–H and O–H groups in total. The van der Waals surface area contributed by atoms with E-state index in [-0.39, 0.29) is 0 Å². The summed E-state index contributed by atoms with van der Waals surface area (Å²) < 4.78 is 0. The molecule has 0 aliphatic heterocycles. The Balaban J connectivity index is 2.91. The predicted octanol–water partition coefficient (Wildman–Crippen LogP) is 5.24. The average Bonchev–Trinajstić information content (AvgIpc) is 2.43. The summed E-state index contributed by atoms with van der Waals surface area (Å²) in [6, 6.07) is 0. The third kappa shape index (κ3) is 17.3. The van der Waals surface area contributed by atoms with E-state index >= 15 is 0 Å². The summed E-state index contributed by atoms with van der Waals surface area (Å²) in [6.07, 6.45) is 20.3. The molecule has 0 aromatic rings. The fourth-order valence-corrected chi connectivity index (χ4v) is 2.40. The van der Waals surface area contributed by atoms with Gasteiger partial charge in [-0.15, -0.1) is 0 Å². The van der Waals surface area contributed by atoms with Gasteiger partial charge in [0.15, 0.2) is 0 Å². The zero-order valence-corrected chi connectivity index (χ0v) is 12.6. The van der Waals surface area contributed by atoms with Crippen LogP contribution in [0.3, 0.4) is 0 Å².